The van der Waals surface area contributed by atoms with Gasteiger partial charge in [0.1, 0.15) is 11.3 Å². The number of halogens is 1. The number of para-hydroxylation sites is 1. The van der Waals surface area contributed by atoms with Crippen molar-refractivity contribution in [2.45, 2.75) is 20.8 Å². The summed E-state index contributed by atoms with van der Waals surface area (Å²) in [4.78, 5) is 48.3. The molecule has 0 saturated carbocycles. The zero-order chi connectivity index (χ0) is 21.7. The van der Waals surface area contributed by atoms with E-state index in [0.29, 0.717) is 0 Å². The van der Waals surface area contributed by atoms with Crippen molar-refractivity contribution in [3.63, 3.8) is 0 Å². The van der Waals surface area contributed by atoms with Gasteiger partial charge in [-0.25, -0.2) is 9.59 Å². The molecule has 0 saturated heterocycles. The summed E-state index contributed by atoms with van der Waals surface area (Å²) in [5.74, 6) is -3.04. The second-order valence-electron chi connectivity index (χ2n) is 5.84. The monoisotopic (exact) mass is 422 g/mol. The second kappa shape index (κ2) is 9.24. The number of hydrogen-bond acceptors (Lipinski definition) is 8. The normalized spacial score (nSPS) is 10.3. The molecule has 0 aliphatic carbocycles. The smallest absolute Gasteiger partial charge is 0.344 e. The average molecular weight is 423 g/mol. The maximum atomic E-state index is 12.2. The van der Waals surface area contributed by atoms with Crippen LogP contribution in [-0.4, -0.2) is 36.8 Å². The number of hydrogen-bond donors (Lipinski definition) is 2. The van der Waals surface area contributed by atoms with Crippen LogP contribution in [0.25, 0.3) is 0 Å². The largest absolute Gasteiger partial charge is 0.462 e. The van der Waals surface area contributed by atoms with Gasteiger partial charge in [-0.05, 0) is 32.9 Å². The molecule has 0 spiro atoms. The van der Waals surface area contributed by atoms with Gasteiger partial charge in [-0.1, -0.05) is 17.7 Å². The Bertz CT molecular complexity index is 981. The minimum Gasteiger partial charge on any atom is -0.462 e. The quantitative estimate of drug-likeness (QED) is 0.394. The van der Waals surface area contributed by atoms with Gasteiger partial charge in [0.2, 0.25) is 5.88 Å². The van der Waals surface area contributed by atoms with Crippen LogP contribution in [0.15, 0.2) is 22.6 Å². The molecule has 0 fully saturated rings. The number of anilines is 2. The molecule has 3 N–H and O–H groups in total. The van der Waals surface area contributed by atoms with Crippen LogP contribution in [0.3, 0.4) is 0 Å². The molecule has 0 atom stereocenters. The van der Waals surface area contributed by atoms with E-state index in [1.807, 2.05) is 0 Å². The standard InChI is InChI=1S/C19H19ClN2O7/c1-4-27-19(26)15-14(9(2)23)10(3)29-17(15)22-13(24)8-28-18(25)11-6-5-7-12(20)16(11)21/h5-7H,4,8,21H2,1-3H3,(H,22,24). The van der Waals surface area contributed by atoms with Crippen LogP contribution in [0, 0.1) is 6.92 Å². The number of nitrogens with two attached hydrogens (primary N) is 1. The van der Waals surface area contributed by atoms with Crippen LogP contribution in [-0.2, 0) is 14.3 Å². The number of aryl methyl sites for hydroxylation is 1. The number of amides is 1. The van der Waals surface area contributed by atoms with Crippen molar-refractivity contribution < 1.29 is 33.1 Å². The van der Waals surface area contributed by atoms with Gasteiger partial charge in [-0.2, -0.15) is 0 Å². The minimum absolute atomic E-state index is 0.00226. The molecule has 2 aromatic rings. The zero-order valence-corrected chi connectivity index (χ0v) is 16.7. The second-order valence-corrected chi connectivity index (χ2v) is 6.25. The maximum absolute atomic E-state index is 12.2. The molecule has 0 aliphatic rings. The summed E-state index contributed by atoms with van der Waals surface area (Å²) in [7, 11) is 0. The average Bonchev–Trinajstić information content (AvgIpc) is 2.98. The molecule has 0 aliphatic heterocycles. The van der Waals surface area contributed by atoms with E-state index < -0.39 is 30.2 Å². The van der Waals surface area contributed by atoms with Gasteiger partial charge in [0.05, 0.1) is 28.4 Å². The van der Waals surface area contributed by atoms with Gasteiger partial charge in [0.25, 0.3) is 5.91 Å². The van der Waals surface area contributed by atoms with E-state index in [4.69, 9.17) is 31.2 Å². The fourth-order valence-corrected chi connectivity index (χ4v) is 2.72. The molecule has 9 nitrogen and oxygen atoms in total. The lowest BCUT2D eigenvalue weighted by Crippen LogP contribution is -2.22. The predicted octanol–water partition coefficient (Wildman–Crippen LogP) is 3.00. The summed E-state index contributed by atoms with van der Waals surface area (Å²) in [6, 6.07) is 4.41. The summed E-state index contributed by atoms with van der Waals surface area (Å²) in [5.41, 5.74) is 5.54. The number of carbonyl (C=O) groups excluding carboxylic acids is 4. The number of nitrogens with one attached hydrogen (secondary N) is 1. The Morgan fingerprint density at radius 3 is 2.45 bits per heavy atom. The van der Waals surface area contributed by atoms with E-state index in [-0.39, 0.29) is 45.7 Å². The van der Waals surface area contributed by atoms with Crippen molar-refractivity contribution in [3.8, 4) is 0 Å². The first kappa shape index (κ1) is 22.0. The van der Waals surface area contributed by atoms with Gasteiger partial charge >= 0.3 is 11.9 Å². The molecule has 0 unspecified atom stereocenters. The van der Waals surface area contributed by atoms with Gasteiger partial charge in [0.15, 0.2) is 12.4 Å². The van der Waals surface area contributed by atoms with Gasteiger partial charge in [-0.15, -0.1) is 0 Å². The molecular weight excluding hydrogens is 404 g/mol. The molecule has 0 radical (unpaired) electrons. The molecule has 2 rings (SSSR count). The van der Waals surface area contributed by atoms with E-state index in [1.54, 1.807) is 6.92 Å². The highest BCUT2D eigenvalue weighted by Crippen LogP contribution is 2.28. The number of furan rings is 1. The molecule has 1 amide bonds. The van der Waals surface area contributed by atoms with Crippen LogP contribution < -0.4 is 11.1 Å². The third-order valence-electron chi connectivity index (χ3n) is 3.78. The minimum atomic E-state index is -0.856. The van der Waals surface area contributed by atoms with E-state index in [2.05, 4.69) is 5.32 Å². The zero-order valence-electron chi connectivity index (χ0n) is 16.0. The first-order valence-electron chi connectivity index (χ1n) is 8.49. The Labute approximate surface area is 171 Å². The molecule has 10 heteroatoms. The molecule has 154 valence electrons. The first-order chi connectivity index (χ1) is 13.7. The lowest BCUT2D eigenvalue weighted by Gasteiger charge is -2.08. The number of Topliss-reactive ketones (excluding diaryl/α,β-unsaturated/α-hetero) is 1. The summed E-state index contributed by atoms with van der Waals surface area (Å²) in [6.45, 7) is 3.69. The van der Waals surface area contributed by atoms with Crippen LogP contribution in [0.5, 0.6) is 0 Å². The van der Waals surface area contributed by atoms with Crippen LogP contribution >= 0.6 is 11.6 Å². The van der Waals surface area contributed by atoms with Crippen molar-refractivity contribution >= 4 is 46.8 Å². The molecule has 29 heavy (non-hydrogen) atoms. The number of ether oxygens (including phenoxy) is 2. The van der Waals surface area contributed by atoms with Gasteiger partial charge in [0, 0.05) is 0 Å². The number of rotatable bonds is 7. The highest BCUT2D eigenvalue weighted by Gasteiger charge is 2.29. The van der Waals surface area contributed by atoms with Crippen LogP contribution in [0.1, 0.15) is 50.7 Å². The Balaban J connectivity index is 2.15. The van der Waals surface area contributed by atoms with Crippen molar-refractivity contribution in [1.29, 1.82) is 0 Å². The third kappa shape index (κ3) is 4.94. The fourth-order valence-electron chi connectivity index (χ4n) is 2.54. The van der Waals surface area contributed by atoms with Crippen molar-refractivity contribution in [2.75, 3.05) is 24.3 Å². The highest BCUT2D eigenvalue weighted by atomic mass is 35.5. The van der Waals surface area contributed by atoms with Crippen molar-refractivity contribution in [1.82, 2.24) is 0 Å². The predicted molar refractivity (Wildman–Crippen MR) is 104 cm³/mol. The molecule has 1 aromatic carbocycles. The molecular formula is C19H19ClN2O7. The summed E-state index contributed by atoms with van der Waals surface area (Å²) in [6.07, 6.45) is 0. The highest BCUT2D eigenvalue weighted by molar-refractivity contribution is 6.33. The van der Waals surface area contributed by atoms with Crippen LogP contribution in [0.2, 0.25) is 5.02 Å². The third-order valence-corrected chi connectivity index (χ3v) is 4.11. The Kier molecular flexibility index (Phi) is 7.00. The number of benzene rings is 1. The molecule has 1 aromatic heterocycles. The van der Waals surface area contributed by atoms with E-state index in [9.17, 15) is 19.2 Å². The Hall–Kier alpha value is -3.33. The SMILES string of the molecule is CCOC(=O)c1c(NC(=O)COC(=O)c2cccc(Cl)c2N)oc(C)c1C(C)=O. The Morgan fingerprint density at radius 2 is 1.83 bits per heavy atom. The summed E-state index contributed by atoms with van der Waals surface area (Å²) < 4.78 is 15.2. The Morgan fingerprint density at radius 1 is 1.14 bits per heavy atom. The number of esters is 2. The van der Waals surface area contributed by atoms with Crippen LogP contribution in [0.4, 0.5) is 11.6 Å². The topological polar surface area (TPSA) is 138 Å². The van der Waals surface area contributed by atoms with Crippen molar-refractivity contribution in [3.05, 3.63) is 45.7 Å². The number of nitrogen functional groups attached to an aromatic ring is 1. The lowest BCUT2D eigenvalue weighted by molar-refractivity contribution is -0.119. The van der Waals surface area contributed by atoms with E-state index in [1.165, 1.54) is 32.0 Å². The fraction of sp³-hybridized carbons (Fsp3) is 0.263. The molecule has 1 heterocycles. The lowest BCUT2D eigenvalue weighted by atomic mass is 10.1. The number of carbonyl (C=O) groups is 4. The summed E-state index contributed by atoms with van der Waals surface area (Å²) >= 11 is 5.85. The molecule has 0 bridgehead atoms. The first-order valence-corrected chi connectivity index (χ1v) is 8.87. The maximum Gasteiger partial charge on any atom is 0.344 e. The van der Waals surface area contributed by atoms with E-state index in [0.717, 1.165) is 0 Å². The van der Waals surface area contributed by atoms with Gasteiger partial charge in [-0.3, -0.25) is 14.9 Å². The van der Waals surface area contributed by atoms with E-state index >= 15 is 0 Å². The van der Waals surface area contributed by atoms with Gasteiger partial charge < -0.3 is 19.6 Å². The number of ketones is 1. The summed E-state index contributed by atoms with van der Waals surface area (Å²) in [5, 5.41) is 2.48. The van der Waals surface area contributed by atoms with Crippen molar-refractivity contribution in [2.24, 2.45) is 0 Å².